The second-order valence-electron chi connectivity index (χ2n) is 5.43. The van der Waals surface area contributed by atoms with Crippen molar-refractivity contribution in [3.05, 3.63) is 0 Å². The summed E-state index contributed by atoms with van der Waals surface area (Å²) in [5.74, 6) is -0.938. The first-order valence-electron chi connectivity index (χ1n) is 7.16. The minimum Gasteiger partial charge on any atom is -0.480 e. The maximum Gasteiger partial charge on any atom is 0.323 e. The lowest BCUT2D eigenvalue weighted by atomic mass is 10.1. The van der Waals surface area contributed by atoms with Gasteiger partial charge < -0.3 is 20.6 Å². The molecule has 0 atom stereocenters. The van der Waals surface area contributed by atoms with E-state index in [1.54, 1.807) is 0 Å². The number of aliphatic carboxylic acids is 1. The van der Waals surface area contributed by atoms with E-state index in [1.165, 1.54) is 4.90 Å². The third-order valence-electron chi connectivity index (χ3n) is 4.00. The molecule has 1 aliphatic heterocycles. The zero-order chi connectivity index (χ0) is 13.7. The van der Waals surface area contributed by atoms with Gasteiger partial charge in [-0.3, -0.25) is 4.79 Å². The van der Waals surface area contributed by atoms with E-state index < -0.39 is 5.97 Å². The van der Waals surface area contributed by atoms with Gasteiger partial charge >= 0.3 is 12.0 Å². The van der Waals surface area contributed by atoms with Gasteiger partial charge in [0.1, 0.15) is 6.54 Å². The standard InChI is InChI=1S/C13H23N3O3/c17-12(18)9-16(11-3-1-2-4-11)13(19)15-10-5-7-14-8-6-10/h10-11,14H,1-9H2,(H,15,19)(H,17,18). The fraction of sp³-hybridized carbons (Fsp3) is 0.846. The van der Waals surface area contributed by atoms with Crippen LogP contribution in [0.5, 0.6) is 0 Å². The van der Waals surface area contributed by atoms with Crippen LogP contribution in [0.15, 0.2) is 0 Å². The van der Waals surface area contributed by atoms with Crippen molar-refractivity contribution in [3.63, 3.8) is 0 Å². The molecule has 1 aliphatic carbocycles. The van der Waals surface area contributed by atoms with E-state index in [-0.39, 0.29) is 24.7 Å². The average molecular weight is 269 g/mol. The van der Waals surface area contributed by atoms with Crippen LogP contribution in [0.1, 0.15) is 38.5 Å². The van der Waals surface area contributed by atoms with Crippen molar-refractivity contribution in [1.82, 2.24) is 15.5 Å². The molecule has 2 fully saturated rings. The third kappa shape index (κ3) is 4.09. The van der Waals surface area contributed by atoms with Crippen LogP contribution < -0.4 is 10.6 Å². The zero-order valence-corrected chi connectivity index (χ0v) is 11.2. The topological polar surface area (TPSA) is 81.7 Å². The maximum absolute atomic E-state index is 12.3. The molecule has 1 heterocycles. The molecule has 3 N–H and O–H groups in total. The molecule has 2 amide bonds. The number of piperidine rings is 1. The van der Waals surface area contributed by atoms with Crippen LogP contribution in [-0.2, 0) is 4.79 Å². The smallest absolute Gasteiger partial charge is 0.323 e. The Bertz CT molecular complexity index is 323. The molecule has 2 rings (SSSR count). The van der Waals surface area contributed by atoms with Crippen molar-refractivity contribution in [2.75, 3.05) is 19.6 Å². The summed E-state index contributed by atoms with van der Waals surface area (Å²) in [6.45, 7) is 1.63. The molecule has 0 aromatic heterocycles. The van der Waals surface area contributed by atoms with Gasteiger partial charge in [0.15, 0.2) is 0 Å². The molecule has 108 valence electrons. The highest BCUT2D eigenvalue weighted by molar-refractivity contribution is 5.80. The lowest BCUT2D eigenvalue weighted by Crippen LogP contribution is -2.52. The summed E-state index contributed by atoms with van der Waals surface area (Å²) in [7, 11) is 0. The largest absolute Gasteiger partial charge is 0.480 e. The number of hydrogen-bond acceptors (Lipinski definition) is 3. The van der Waals surface area contributed by atoms with Crippen LogP contribution in [0.4, 0.5) is 4.79 Å². The molecule has 1 saturated heterocycles. The lowest BCUT2D eigenvalue weighted by Gasteiger charge is -2.31. The molecule has 6 heteroatoms. The highest BCUT2D eigenvalue weighted by atomic mass is 16.4. The van der Waals surface area contributed by atoms with E-state index in [0.29, 0.717) is 0 Å². The van der Waals surface area contributed by atoms with Crippen molar-refractivity contribution >= 4 is 12.0 Å². The summed E-state index contributed by atoms with van der Waals surface area (Å²) in [4.78, 5) is 24.7. The number of urea groups is 1. The number of rotatable bonds is 4. The second kappa shape index (κ2) is 6.75. The van der Waals surface area contributed by atoms with Crippen LogP contribution in [0, 0.1) is 0 Å². The Labute approximate surface area is 113 Å². The zero-order valence-electron chi connectivity index (χ0n) is 11.2. The van der Waals surface area contributed by atoms with Gasteiger partial charge in [0.2, 0.25) is 0 Å². The van der Waals surface area contributed by atoms with E-state index in [9.17, 15) is 9.59 Å². The van der Waals surface area contributed by atoms with Crippen LogP contribution in [0.25, 0.3) is 0 Å². The van der Waals surface area contributed by atoms with Crippen molar-refractivity contribution in [3.8, 4) is 0 Å². The number of hydrogen-bond donors (Lipinski definition) is 3. The molecule has 19 heavy (non-hydrogen) atoms. The molecule has 0 aromatic carbocycles. The Balaban J connectivity index is 1.91. The highest BCUT2D eigenvalue weighted by Crippen LogP contribution is 2.23. The predicted octanol–water partition coefficient (Wildman–Crippen LogP) is 0.777. The molecule has 6 nitrogen and oxygen atoms in total. The second-order valence-corrected chi connectivity index (χ2v) is 5.43. The van der Waals surface area contributed by atoms with Gasteiger partial charge in [-0.15, -0.1) is 0 Å². The number of nitrogens with one attached hydrogen (secondary N) is 2. The van der Waals surface area contributed by atoms with Gasteiger partial charge in [-0.2, -0.15) is 0 Å². The summed E-state index contributed by atoms with van der Waals surface area (Å²) in [5.41, 5.74) is 0. The van der Waals surface area contributed by atoms with Crippen molar-refractivity contribution in [2.24, 2.45) is 0 Å². The van der Waals surface area contributed by atoms with E-state index in [2.05, 4.69) is 10.6 Å². The third-order valence-corrected chi connectivity index (χ3v) is 4.00. The first kappa shape index (κ1) is 14.1. The molecule has 2 aliphatic rings. The Hall–Kier alpha value is -1.30. The number of carboxylic acid groups (broad SMARTS) is 1. The summed E-state index contributed by atoms with van der Waals surface area (Å²) in [6, 6.07) is 0.0606. The normalized spacial score (nSPS) is 21.3. The maximum atomic E-state index is 12.3. The molecular weight excluding hydrogens is 246 g/mol. The molecule has 0 aromatic rings. The van der Waals surface area contributed by atoms with E-state index in [0.717, 1.165) is 51.6 Å². The molecule has 0 radical (unpaired) electrons. The monoisotopic (exact) mass is 269 g/mol. The summed E-state index contributed by atoms with van der Waals surface area (Å²) in [6.07, 6.45) is 5.84. The van der Waals surface area contributed by atoms with Gasteiger partial charge in [-0.25, -0.2) is 4.79 Å². The van der Waals surface area contributed by atoms with Crippen molar-refractivity contribution < 1.29 is 14.7 Å². The van der Waals surface area contributed by atoms with Crippen molar-refractivity contribution in [1.29, 1.82) is 0 Å². The fourth-order valence-corrected chi connectivity index (χ4v) is 2.95. The van der Waals surface area contributed by atoms with Gasteiger partial charge in [-0.05, 0) is 38.8 Å². The van der Waals surface area contributed by atoms with E-state index >= 15 is 0 Å². The van der Waals surface area contributed by atoms with Crippen LogP contribution in [-0.4, -0.2) is 53.7 Å². The molecule has 0 bridgehead atoms. The van der Waals surface area contributed by atoms with Crippen LogP contribution in [0.2, 0.25) is 0 Å². The molecule has 0 spiro atoms. The number of amides is 2. The average Bonchev–Trinajstić information content (AvgIpc) is 2.90. The van der Waals surface area contributed by atoms with Gasteiger partial charge in [-0.1, -0.05) is 12.8 Å². The minimum absolute atomic E-state index is 0.0952. The quantitative estimate of drug-likeness (QED) is 0.704. The number of carbonyl (C=O) groups excluding carboxylic acids is 1. The van der Waals surface area contributed by atoms with Crippen molar-refractivity contribution in [2.45, 2.75) is 50.6 Å². The molecule has 1 saturated carbocycles. The number of carboxylic acids is 1. The first-order chi connectivity index (χ1) is 9.16. The lowest BCUT2D eigenvalue weighted by molar-refractivity contribution is -0.138. The minimum atomic E-state index is -0.938. The van der Waals surface area contributed by atoms with E-state index in [1.807, 2.05) is 0 Å². The summed E-state index contributed by atoms with van der Waals surface area (Å²) >= 11 is 0. The SMILES string of the molecule is O=C(O)CN(C(=O)NC1CCNCC1)C1CCCC1. The number of carbonyl (C=O) groups is 2. The first-order valence-corrected chi connectivity index (χ1v) is 7.16. The van der Waals surface area contributed by atoms with Crippen LogP contribution >= 0.6 is 0 Å². The Morgan fingerprint density at radius 1 is 1.16 bits per heavy atom. The van der Waals surface area contributed by atoms with Crippen LogP contribution in [0.3, 0.4) is 0 Å². The molecular formula is C13H23N3O3. The Morgan fingerprint density at radius 3 is 2.37 bits per heavy atom. The van der Waals surface area contributed by atoms with Gasteiger partial charge in [0.05, 0.1) is 0 Å². The Morgan fingerprint density at radius 2 is 1.79 bits per heavy atom. The number of nitrogens with zero attached hydrogens (tertiary/aromatic N) is 1. The Kier molecular flexibility index (Phi) is 5.01. The molecule has 0 unspecified atom stereocenters. The summed E-state index contributed by atoms with van der Waals surface area (Å²) in [5, 5.41) is 15.2. The predicted molar refractivity (Wildman–Crippen MR) is 71.0 cm³/mol. The van der Waals surface area contributed by atoms with E-state index in [4.69, 9.17) is 5.11 Å². The van der Waals surface area contributed by atoms with Gasteiger partial charge in [0, 0.05) is 12.1 Å². The summed E-state index contributed by atoms with van der Waals surface area (Å²) < 4.78 is 0. The highest BCUT2D eigenvalue weighted by Gasteiger charge is 2.29. The van der Waals surface area contributed by atoms with Gasteiger partial charge in [0.25, 0.3) is 0 Å². The fourth-order valence-electron chi connectivity index (χ4n) is 2.95.